The molecule has 0 amide bonds. The number of hydrogen-bond acceptors (Lipinski definition) is 8. The van der Waals surface area contributed by atoms with Crippen LogP contribution < -0.4 is 0 Å². The lowest BCUT2D eigenvalue weighted by Crippen LogP contribution is -2.39. The monoisotopic (exact) mass is 440 g/mol. The summed E-state index contributed by atoms with van der Waals surface area (Å²) in [6.07, 6.45) is 1.35. The standard InChI is InChI=1S/C23H36O8/c1-11-12-23(8,13-30-19(26)21(4,5)15(2)17(24)28-9)14-31-20(27)22(6,7)16(3)18(25)29-10/h2-3,11-14H2,1,4-10H3. The van der Waals surface area contributed by atoms with Crippen molar-refractivity contribution in [2.45, 2.75) is 54.4 Å². The maximum Gasteiger partial charge on any atom is 0.334 e. The van der Waals surface area contributed by atoms with Crippen molar-refractivity contribution < 1.29 is 38.1 Å². The highest BCUT2D eigenvalue weighted by atomic mass is 16.6. The zero-order chi connectivity index (χ0) is 24.6. The number of methoxy groups -OCH3 is 2. The van der Waals surface area contributed by atoms with Crippen LogP contribution in [0.4, 0.5) is 0 Å². The highest BCUT2D eigenvalue weighted by Gasteiger charge is 2.40. The van der Waals surface area contributed by atoms with Crippen molar-refractivity contribution in [3.63, 3.8) is 0 Å². The molecule has 0 rings (SSSR count). The van der Waals surface area contributed by atoms with Gasteiger partial charge in [-0.3, -0.25) is 9.59 Å². The minimum Gasteiger partial charge on any atom is -0.466 e. The molecule has 0 aliphatic rings. The SMILES string of the molecule is C=C(C(=O)OC)C(C)(C)C(=O)OCC(C)(CCC)COC(=O)C(C)(C)C(=C)C(=O)OC. The molecule has 0 aromatic heterocycles. The molecule has 0 spiro atoms. The third-order valence-electron chi connectivity index (χ3n) is 5.35. The Morgan fingerprint density at radius 3 is 1.29 bits per heavy atom. The van der Waals surface area contributed by atoms with Gasteiger partial charge in [-0.2, -0.15) is 0 Å². The fourth-order valence-corrected chi connectivity index (χ4v) is 2.63. The number of carbonyl (C=O) groups is 4. The molecule has 0 bridgehead atoms. The molecule has 0 saturated carbocycles. The Bertz CT molecular complexity index is 674. The van der Waals surface area contributed by atoms with E-state index in [1.165, 1.54) is 41.9 Å². The van der Waals surface area contributed by atoms with Gasteiger partial charge in [-0.25, -0.2) is 9.59 Å². The summed E-state index contributed by atoms with van der Waals surface area (Å²) in [5.41, 5.74) is -3.28. The Kier molecular flexibility index (Phi) is 10.2. The van der Waals surface area contributed by atoms with Gasteiger partial charge in [-0.1, -0.05) is 33.4 Å². The van der Waals surface area contributed by atoms with E-state index >= 15 is 0 Å². The largest absolute Gasteiger partial charge is 0.466 e. The maximum atomic E-state index is 12.6. The van der Waals surface area contributed by atoms with Crippen LogP contribution in [0.3, 0.4) is 0 Å². The molecule has 0 aromatic carbocycles. The van der Waals surface area contributed by atoms with Crippen molar-refractivity contribution in [1.29, 1.82) is 0 Å². The topological polar surface area (TPSA) is 105 Å². The molecule has 0 heterocycles. The van der Waals surface area contributed by atoms with Crippen molar-refractivity contribution >= 4 is 23.9 Å². The van der Waals surface area contributed by atoms with E-state index in [0.29, 0.717) is 6.42 Å². The number of hydrogen-bond donors (Lipinski definition) is 0. The average Bonchev–Trinajstić information content (AvgIpc) is 2.73. The Labute approximate surface area is 184 Å². The number of ether oxygens (including phenoxy) is 4. The minimum absolute atomic E-state index is 0.0216. The number of esters is 4. The van der Waals surface area contributed by atoms with E-state index in [2.05, 4.69) is 22.6 Å². The molecule has 0 atom stereocenters. The van der Waals surface area contributed by atoms with Crippen molar-refractivity contribution in [1.82, 2.24) is 0 Å². The normalized spacial score (nSPS) is 11.9. The third kappa shape index (κ3) is 7.22. The van der Waals surface area contributed by atoms with Gasteiger partial charge >= 0.3 is 23.9 Å². The third-order valence-corrected chi connectivity index (χ3v) is 5.35. The van der Waals surface area contributed by atoms with Crippen LogP contribution >= 0.6 is 0 Å². The Hall–Kier alpha value is -2.64. The first-order valence-electron chi connectivity index (χ1n) is 10.0. The summed E-state index contributed by atoms with van der Waals surface area (Å²) >= 11 is 0. The molecule has 176 valence electrons. The maximum absolute atomic E-state index is 12.6. The Morgan fingerprint density at radius 1 is 0.710 bits per heavy atom. The second-order valence-corrected chi connectivity index (χ2v) is 8.90. The first-order chi connectivity index (χ1) is 14.1. The summed E-state index contributed by atoms with van der Waals surface area (Å²) < 4.78 is 20.2. The zero-order valence-electron chi connectivity index (χ0n) is 20.0. The summed E-state index contributed by atoms with van der Waals surface area (Å²) in [7, 11) is 2.41. The number of carbonyl (C=O) groups excluding carboxylic acids is 4. The lowest BCUT2D eigenvalue weighted by molar-refractivity contribution is -0.164. The molecule has 31 heavy (non-hydrogen) atoms. The molecule has 0 N–H and O–H groups in total. The minimum atomic E-state index is -1.28. The van der Waals surface area contributed by atoms with E-state index < -0.39 is 40.1 Å². The van der Waals surface area contributed by atoms with E-state index in [0.717, 1.165) is 6.42 Å². The highest BCUT2D eigenvalue weighted by molar-refractivity contribution is 5.97. The lowest BCUT2D eigenvalue weighted by Gasteiger charge is -2.32. The van der Waals surface area contributed by atoms with Crippen molar-refractivity contribution in [3.05, 3.63) is 24.3 Å². The second kappa shape index (κ2) is 11.1. The fourth-order valence-electron chi connectivity index (χ4n) is 2.63. The molecule has 0 radical (unpaired) electrons. The second-order valence-electron chi connectivity index (χ2n) is 8.90. The predicted molar refractivity (Wildman–Crippen MR) is 115 cm³/mol. The van der Waals surface area contributed by atoms with Gasteiger partial charge in [0.25, 0.3) is 0 Å². The van der Waals surface area contributed by atoms with Gasteiger partial charge in [0.1, 0.15) is 0 Å². The van der Waals surface area contributed by atoms with E-state index in [1.807, 2.05) is 13.8 Å². The summed E-state index contributed by atoms with van der Waals surface area (Å²) in [6.45, 7) is 17.0. The summed E-state index contributed by atoms with van der Waals surface area (Å²) in [5.74, 6) is -2.67. The molecule has 0 aliphatic carbocycles. The van der Waals surface area contributed by atoms with E-state index in [4.69, 9.17) is 9.47 Å². The van der Waals surface area contributed by atoms with Crippen molar-refractivity contribution in [3.8, 4) is 0 Å². The van der Waals surface area contributed by atoms with Gasteiger partial charge in [0.2, 0.25) is 0 Å². The van der Waals surface area contributed by atoms with Crippen LogP contribution in [-0.4, -0.2) is 51.3 Å². The summed E-state index contributed by atoms with van der Waals surface area (Å²) in [6, 6.07) is 0. The molecular weight excluding hydrogens is 404 g/mol. The van der Waals surface area contributed by atoms with Crippen LogP contribution in [0.25, 0.3) is 0 Å². The summed E-state index contributed by atoms with van der Waals surface area (Å²) in [4.78, 5) is 48.7. The van der Waals surface area contributed by atoms with Gasteiger partial charge in [-0.15, -0.1) is 0 Å². The molecule has 8 nitrogen and oxygen atoms in total. The highest BCUT2D eigenvalue weighted by Crippen LogP contribution is 2.32. The van der Waals surface area contributed by atoms with Crippen LogP contribution in [0.15, 0.2) is 24.3 Å². The first kappa shape index (κ1) is 28.4. The smallest absolute Gasteiger partial charge is 0.334 e. The van der Waals surface area contributed by atoms with E-state index in [9.17, 15) is 19.2 Å². The summed E-state index contributed by atoms with van der Waals surface area (Å²) in [5, 5.41) is 0. The first-order valence-corrected chi connectivity index (χ1v) is 10.0. The van der Waals surface area contributed by atoms with Gasteiger partial charge in [0.15, 0.2) is 0 Å². The molecular formula is C23H36O8. The van der Waals surface area contributed by atoms with Crippen molar-refractivity contribution in [2.75, 3.05) is 27.4 Å². The van der Waals surface area contributed by atoms with E-state index in [-0.39, 0.29) is 24.4 Å². The quantitative estimate of drug-likeness (QED) is 0.258. The van der Waals surface area contributed by atoms with Gasteiger partial charge < -0.3 is 18.9 Å². The van der Waals surface area contributed by atoms with Gasteiger partial charge in [-0.05, 0) is 34.1 Å². The molecule has 0 aromatic rings. The Morgan fingerprint density at radius 2 is 1.03 bits per heavy atom. The van der Waals surface area contributed by atoms with Crippen LogP contribution in [-0.2, 0) is 38.1 Å². The molecule has 0 unspecified atom stereocenters. The molecule has 0 saturated heterocycles. The van der Waals surface area contributed by atoms with Crippen LogP contribution in [0.1, 0.15) is 54.4 Å². The van der Waals surface area contributed by atoms with Crippen molar-refractivity contribution in [2.24, 2.45) is 16.2 Å². The van der Waals surface area contributed by atoms with E-state index in [1.54, 1.807) is 0 Å². The van der Waals surface area contributed by atoms with Crippen LogP contribution in [0.5, 0.6) is 0 Å². The molecule has 0 fully saturated rings. The number of rotatable bonds is 12. The van der Waals surface area contributed by atoms with Gasteiger partial charge in [0.05, 0.1) is 38.3 Å². The predicted octanol–water partition coefficient (Wildman–Crippen LogP) is 3.39. The molecule has 8 heteroatoms. The molecule has 0 aliphatic heterocycles. The zero-order valence-corrected chi connectivity index (χ0v) is 20.0. The van der Waals surface area contributed by atoms with Crippen LogP contribution in [0.2, 0.25) is 0 Å². The lowest BCUT2D eigenvalue weighted by atomic mass is 9.84. The average molecular weight is 441 g/mol. The fraction of sp³-hybridized carbons (Fsp3) is 0.652. The van der Waals surface area contributed by atoms with Gasteiger partial charge in [0, 0.05) is 16.6 Å². The Balaban J connectivity index is 5.25. The van der Waals surface area contributed by atoms with Crippen LogP contribution in [0, 0.1) is 16.2 Å².